The number of aromatic nitrogens is 1. The van der Waals surface area contributed by atoms with Crippen LogP contribution in [0.3, 0.4) is 0 Å². The van der Waals surface area contributed by atoms with Crippen molar-refractivity contribution in [1.29, 1.82) is 0 Å². The summed E-state index contributed by atoms with van der Waals surface area (Å²) in [5.41, 5.74) is 0.967. The lowest BCUT2D eigenvalue weighted by molar-refractivity contribution is 0.202. The molecule has 0 aromatic carbocycles. The molecule has 0 spiro atoms. The summed E-state index contributed by atoms with van der Waals surface area (Å²) in [5.74, 6) is 1.45. The van der Waals surface area contributed by atoms with Crippen LogP contribution in [0, 0.1) is 0 Å². The minimum Gasteiger partial charge on any atom is -0.351 e. The molecule has 5 heteroatoms. The van der Waals surface area contributed by atoms with Gasteiger partial charge in [0.2, 0.25) is 0 Å². The number of anilines is 1. The Labute approximate surface area is 124 Å². The van der Waals surface area contributed by atoms with Crippen molar-refractivity contribution in [3.63, 3.8) is 0 Å². The fraction of sp³-hybridized carbons (Fsp3) is 0.643. The third-order valence-electron chi connectivity index (χ3n) is 4.30. The third kappa shape index (κ3) is 2.56. The Morgan fingerprint density at radius 3 is 3.05 bits per heavy atom. The summed E-state index contributed by atoms with van der Waals surface area (Å²) in [6.45, 7) is 5.72. The standard InChI is InChI=1S/C14H19Cl2N3/c1-10-8-18-4-2-3-12(18)9-19(10)14-5-11(6-15)13(16)7-17-14/h5,7,10,12H,2-4,6,8-9H2,1H3. The second-order valence-electron chi connectivity index (χ2n) is 5.56. The van der Waals surface area contributed by atoms with Gasteiger partial charge in [0, 0.05) is 37.3 Å². The maximum atomic E-state index is 6.09. The van der Waals surface area contributed by atoms with Gasteiger partial charge in [-0.05, 0) is 37.9 Å². The molecule has 1 aromatic heterocycles. The number of fused-ring (bicyclic) bond motifs is 1. The van der Waals surface area contributed by atoms with Gasteiger partial charge in [-0.3, -0.25) is 4.90 Å². The molecule has 3 rings (SSSR count). The number of piperazine rings is 1. The predicted molar refractivity (Wildman–Crippen MR) is 80.2 cm³/mol. The van der Waals surface area contributed by atoms with Gasteiger partial charge in [0.05, 0.1) is 5.02 Å². The van der Waals surface area contributed by atoms with Crippen LogP contribution in [0.1, 0.15) is 25.3 Å². The van der Waals surface area contributed by atoms with Gasteiger partial charge in [-0.1, -0.05) is 11.6 Å². The molecule has 104 valence electrons. The van der Waals surface area contributed by atoms with Crippen molar-refractivity contribution in [2.24, 2.45) is 0 Å². The lowest BCUT2D eigenvalue weighted by Crippen LogP contribution is -2.55. The minimum atomic E-state index is 0.437. The first kappa shape index (κ1) is 13.5. The summed E-state index contributed by atoms with van der Waals surface area (Å²) in [6, 6.07) is 3.22. The molecule has 2 aliphatic rings. The summed E-state index contributed by atoms with van der Waals surface area (Å²) in [6.07, 6.45) is 4.35. The van der Waals surface area contributed by atoms with Crippen molar-refractivity contribution in [3.8, 4) is 0 Å². The highest BCUT2D eigenvalue weighted by Gasteiger charge is 2.34. The molecule has 2 unspecified atom stereocenters. The molecule has 0 aliphatic carbocycles. The lowest BCUT2D eigenvalue weighted by atomic mass is 10.1. The van der Waals surface area contributed by atoms with Crippen LogP contribution >= 0.6 is 23.2 Å². The fourth-order valence-electron chi connectivity index (χ4n) is 3.23. The molecule has 2 fully saturated rings. The largest absolute Gasteiger partial charge is 0.351 e. The number of pyridine rings is 1. The summed E-state index contributed by atoms with van der Waals surface area (Å²) >= 11 is 12.0. The summed E-state index contributed by atoms with van der Waals surface area (Å²) in [7, 11) is 0. The van der Waals surface area contributed by atoms with E-state index in [4.69, 9.17) is 23.2 Å². The minimum absolute atomic E-state index is 0.437. The van der Waals surface area contributed by atoms with Crippen molar-refractivity contribution in [2.45, 2.75) is 37.7 Å². The maximum absolute atomic E-state index is 6.09. The van der Waals surface area contributed by atoms with Crippen LogP contribution in [0.4, 0.5) is 5.82 Å². The SMILES string of the molecule is CC1CN2CCCC2CN1c1cc(CCl)c(Cl)cn1. The average molecular weight is 300 g/mol. The molecule has 0 bridgehead atoms. The van der Waals surface area contributed by atoms with Gasteiger partial charge < -0.3 is 4.90 Å². The number of hydrogen-bond acceptors (Lipinski definition) is 3. The first-order valence-corrected chi connectivity index (χ1v) is 7.81. The van der Waals surface area contributed by atoms with E-state index < -0.39 is 0 Å². The van der Waals surface area contributed by atoms with E-state index in [0.717, 1.165) is 24.5 Å². The molecule has 2 saturated heterocycles. The number of alkyl halides is 1. The number of rotatable bonds is 2. The zero-order valence-corrected chi connectivity index (χ0v) is 12.7. The quantitative estimate of drug-likeness (QED) is 0.782. The van der Waals surface area contributed by atoms with Crippen molar-refractivity contribution in [2.75, 3.05) is 24.5 Å². The molecular weight excluding hydrogens is 281 g/mol. The fourth-order valence-corrected chi connectivity index (χ4v) is 3.69. The zero-order valence-electron chi connectivity index (χ0n) is 11.1. The Hall–Kier alpha value is -0.510. The third-order valence-corrected chi connectivity index (χ3v) is 4.92. The van der Waals surface area contributed by atoms with E-state index in [2.05, 4.69) is 21.7 Å². The smallest absolute Gasteiger partial charge is 0.129 e. The van der Waals surface area contributed by atoms with Crippen LogP contribution in [0.5, 0.6) is 0 Å². The Morgan fingerprint density at radius 1 is 1.42 bits per heavy atom. The lowest BCUT2D eigenvalue weighted by Gasteiger charge is -2.43. The van der Waals surface area contributed by atoms with Crippen LogP contribution in [-0.2, 0) is 5.88 Å². The Bertz CT molecular complexity index is 466. The van der Waals surface area contributed by atoms with E-state index in [-0.39, 0.29) is 0 Å². The van der Waals surface area contributed by atoms with Crippen LogP contribution in [0.15, 0.2) is 12.3 Å². The maximum Gasteiger partial charge on any atom is 0.129 e. The molecule has 0 N–H and O–H groups in total. The monoisotopic (exact) mass is 299 g/mol. The van der Waals surface area contributed by atoms with Gasteiger partial charge in [-0.15, -0.1) is 11.6 Å². The first-order chi connectivity index (χ1) is 9.19. The predicted octanol–water partition coefficient (Wildman–Crippen LogP) is 3.15. The van der Waals surface area contributed by atoms with Crippen LogP contribution in [-0.4, -0.2) is 41.6 Å². The summed E-state index contributed by atoms with van der Waals surface area (Å²) in [5, 5.41) is 0.658. The Balaban J connectivity index is 1.84. The van der Waals surface area contributed by atoms with Gasteiger partial charge in [-0.2, -0.15) is 0 Å². The van der Waals surface area contributed by atoms with Gasteiger partial charge in [0.1, 0.15) is 5.82 Å². The molecule has 2 atom stereocenters. The number of halogens is 2. The zero-order chi connectivity index (χ0) is 13.4. The van der Waals surface area contributed by atoms with E-state index in [9.17, 15) is 0 Å². The van der Waals surface area contributed by atoms with E-state index in [0.29, 0.717) is 23.0 Å². The van der Waals surface area contributed by atoms with E-state index >= 15 is 0 Å². The van der Waals surface area contributed by atoms with Crippen molar-refractivity contribution in [3.05, 3.63) is 22.8 Å². The molecule has 2 aliphatic heterocycles. The molecule has 0 amide bonds. The van der Waals surface area contributed by atoms with Gasteiger partial charge in [0.15, 0.2) is 0 Å². The van der Waals surface area contributed by atoms with Crippen LogP contribution in [0.2, 0.25) is 5.02 Å². The molecule has 3 nitrogen and oxygen atoms in total. The Morgan fingerprint density at radius 2 is 2.26 bits per heavy atom. The molecule has 0 radical (unpaired) electrons. The van der Waals surface area contributed by atoms with E-state index in [1.54, 1.807) is 6.20 Å². The topological polar surface area (TPSA) is 19.4 Å². The average Bonchev–Trinajstić information content (AvgIpc) is 2.85. The van der Waals surface area contributed by atoms with Crippen molar-refractivity contribution < 1.29 is 0 Å². The normalized spacial score (nSPS) is 27.6. The molecule has 3 heterocycles. The highest BCUT2D eigenvalue weighted by atomic mass is 35.5. The van der Waals surface area contributed by atoms with Crippen LogP contribution < -0.4 is 4.90 Å². The highest BCUT2D eigenvalue weighted by Crippen LogP contribution is 2.29. The summed E-state index contributed by atoms with van der Waals surface area (Å²) < 4.78 is 0. The Kier molecular flexibility index (Phi) is 3.88. The number of nitrogens with zero attached hydrogens (tertiary/aromatic N) is 3. The van der Waals surface area contributed by atoms with Gasteiger partial charge in [-0.25, -0.2) is 4.98 Å². The first-order valence-electron chi connectivity index (χ1n) is 6.90. The summed E-state index contributed by atoms with van der Waals surface area (Å²) in [4.78, 5) is 9.50. The van der Waals surface area contributed by atoms with Gasteiger partial charge in [0.25, 0.3) is 0 Å². The number of hydrogen-bond donors (Lipinski definition) is 0. The second kappa shape index (κ2) is 5.47. The van der Waals surface area contributed by atoms with Crippen molar-refractivity contribution >= 4 is 29.0 Å². The van der Waals surface area contributed by atoms with Crippen molar-refractivity contribution in [1.82, 2.24) is 9.88 Å². The van der Waals surface area contributed by atoms with Crippen LogP contribution in [0.25, 0.3) is 0 Å². The molecule has 1 aromatic rings. The van der Waals surface area contributed by atoms with Gasteiger partial charge >= 0.3 is 0 Å². The molecular formula is C14H19Cl2N3. The van der Waals surface area contributed by atoms with E-state index in [1.165, 1.54) is 19.4 Å². The molecule has 0 saturated carbocycles. The van der Waals surface area contributed by atoms with E-state index in [1.807, 2.05) is 6.07 Å². The molecule has 19 heavy (non-hydrogen) atoms. The highest BCUT2D eigenvalue weighted by molar-refractivity contribution is 6.32. The second-order valence-corrected chi connectivity index (χ2v) is 6.23.